The number of likely N-dealkylation sites (tertiary alicyclic amines) is 1. The van der Waals surface area contributed by atoms with Crippen molar-refractivity contribution < 1.29 is 24.2 Å². The lowest BCUT2D eigenvalue weighted by Crippen LogP contribution is -2.58. The number of nitrogens with zero attached hydrogens (tertiary/aromatic N) is 2. The summed E-state index contributed by atoms with van der Waals surface area (Å²) >= 11 is 7.69. The standard InChI is InChI=1S/C31H33ClN2O5S/c1-3-16-33(22-12-10-21(32)11-13-22)29(37)27-31-15-14-24(40-31)25(30(38)39-17-4-2)26(31)28(36)34(27)23(19-35)18-20-8-6-5-7-9-20/h3-13,23-27,35H,1-2,14-19H2/t23-,24-,25+,26+,27?,31?/m1/s1. The number of carbonyl (C=O) groups excluding carboxylic acids is 3. The Hall–Kier alpha value is -3.07. The normalized spacial score (nSPS) is 27.2. The average molecular weight is 581 g/mol. The van der Waals surface area contributed by atoms with Gasteiger partial charge >= 0.3 is 5.97 Å². The summed E-state index contributed by atoms with van der Waals surface area (Å²) in [5.41, 5.74) is 1.57. The fourth-order valence-corrected chi connectivity index (χ4v) is 8.94. The number of carbonyl (C=O) groups is 3. The van der Waals surface area contributed by atoms with Gasteiger partial charge in [-0.3, -0.25) is 14.4 Å². The lowest BCUT2D eigenvalue weighted by atomic mass is 9.71. The van der Waals surface area contributed by atoms with E-state index >= 15 is 0 Å². The Kier molecular flexibility index (Phi) is 8.40. The van der Waals surface area contributed by atoms with E-state index in [2.05, 4.69) is 13.2 Å². The summed E-state index contributed by atoms with van der Waals surface area (Å²) in [4.78, 5) is 45.5. The lowest BCUT2D eigenvalue weighted by molar-refractivity contribution is -0.153. The van der Waals surface area contributed by atoms with Crippen molar-refractivity contribution in [2.24, 2.45) is 11.8 Å². The van der Waals surface area contributed by atoms with Crippen LogP contribution in [0.2, 0.25) is 5.02 Å². The number of ether oxygens (including phenoxy) is 1. The first-order valence-electron chi connectivity index (χ1n) is 13.5. The molecule has 3 fully saturated rings. The van der Waals surface area contributed by atoms with Crippen LogP contribution in [0.4, 0.5) is 5.69 Å². The smallest absolute Gasteiger partial charge is 0.311 e. The molecule has 1 N–H and O–H groups in total. The first-order chi connectivity index (χ1) is 19.4. The molecule has 2 aromatic rings. The molecule has 0 radical (unpaired) electrons. The summed E-state index contributed by atoms with van der Waals surface area (Å²) in [5.74, 6) is -2.36. The number of fused-ring (bicyclic) bond motifs is 1. The predicted molar refractivity (Wildman–Crippen MR) is 157 cm³/mol. The maximum atomic E-state index is 14.7. The van der Waals surface area contributed by atoms with Crippen molar-refractivity contribution in [2.75, 3.05) is 24.7 Å². The highest BCUT2D eigenvalue weighted by molar-refractivity contribution is 8.02. The van der Waals surface area contributed by atoms with E-state index in [0.29, 0.717) is 30.0 Å². The molecule has 0 aromatic heterocycles. The number of aliphatic hydroxyl groups is 1. The minimum atomic E-state index is -0.881. The largest absolute Gasteiger partial charge is 0.461 e. The van der Waals surface area contributed by atoms with Gasteiger partial charge in [0.05, 0.1) is 29.2 Å². The van der Waals surface area contributed by atoms with E-state index in [-0.39, 0.29) is 36.8 Å². The zero-order valence-electron chi connectivity index (χ0n) is 22.2. The lowest BCUT2D eigenvalue weighted by Gasteiger charge is -2.39. The van der Waals surface area contributed by atoms with Crippen LogP contribution in [-0.4, -0.2) is 69.6 Å². The number of hydrogen-bond acceptors (Lipinski definition) is 6. The molecular formula is C31H33ClN2O5S. The van der Waals surface area contributed by atoms with Crippen LogP contribution in [0.5, 0.6) is 0 Å². The Balaban J connectivity index is 1.59. The third kappa shape index (κ3) is 4.86. The van der Waals surface area contributed by atoms with Crippen LogP contribution in [0, 0.1) is 11.8 Å². The molecule has 3 aliphatic rings. The SMILES string of the molecule is C=CCOC(=O)[C@@H]1[C@H]2C(=O)N([C@@H](CO)Cc3ccccc3)C(C(=O)N(CC=C)c3ccc(Cl)cc3)C23CC[C@H]1S3. The molecule has 40 heavy (non-hydrogen) atoms. The van der Waals surface area contributed by atoms with E-state index in [0.717, 1.165) is 5.56 Å². The van der Waals surface area contributed by atoms with Crippen LogP contribution in [0.1, 0.15) is 18.4 Å². The summed E-state index contributed by atoms with van der Waals surface area (Å²) in [6, 6.07) is 15.0. The number of amides is 2. The molecule has 7 nitrogen and oxygen atoms in total. The van der Waals surface area contributed by atoms with Crippen molar-refractivity contribution in [2.45, 2.75) is 41.3 Å². The number of anilines is 1. The third-order valence-corrected chi connectivity index (χ3v) is 10.4. The molecule has 2 amide bonds. The molecule has 3 aliphatic heterocycles. The minimum absolute atomic E-state index is 0.0592. The predicted octanol–water partition coefficient (Wildman–Crippen LogP) is 4.28. The van der Waals surface area contributed by atoms with Gasteiger partial charge < -0.3 is 19.6 Å². The molecule has 6 atom stereocenters. The van der Waals surface area contributed by atoms with Gasteiger partial charge in [0.2, 0.25) is 5.91 Å². The van der Waals surface area contributed by atoms with Crippen molar-refractivity contribution in [3.05, 3.63) is 90.5 Å². The first-order valence-corrected chi connectivity index (χ1v) is 14.7. The first kappa shape index (κ1) is 28.5. The molecule has 3 heterocycles. The molecule has 3 saturated heterocycles. The van der Waals surface area contributed by atoms with Gasteiger partial charge in [-0.1, -0.05) is 60.7 Å². The van der Waals surface area contributed by atoms with E-state index in [1.165, 1.54) is 6.08 Å². The van der Waals surface area contributed by atoms with Crippen molar-refractivity contribution >= 4 is 46.8 Å². The van der Waals surface area contributed by atoms with Crippen molar-refractivity contribution in [1.29, 1.82) is 0 Å². The fraction of sp³-hybridized carbons (Fsp3) is 0.387. The van der Waals surface area contributed by atoms with Crippen LogP contribution >= 0.6 is 23.4 Å². The number of aliphatic hydroxyl groups excluding tert-OH is 1. The number of rotatable bonds is 11. The second-order valence-electron chi connectivity index (χ2n) is 10.5. The summed E-state index contributed by atoms with van der Waals surface area (Å²) in [5, 5.41) is 11.0. The van der Waals surface area contributed by atoms with Crippen molar-refractivity contribution in [3.63, 3.8) is 0 Å². The molecular weight excluding hydrogens is 548 g/mol. The number of benzene rings is 2. The van der Waals surface area contributed by atoms with Gasteiger partial charge in [0.1, 0.15) is 12.6 Å². The number of halogens is 1. The molecule has 210 valence electrons. The topological polar surface area (TPSA) is 87.1 Å². The highest BCUT2D eigenvalue weighted by atomic mass is 35.5. The van der Waals surface area contributed by atoms with Crippen LogP contribution in [-0.2, 0) is 25.5 Å². The number of hydrogen-bond donors (Lipinski definition) is 1. The maximum absolute atomic E-state index is 14.7. The van der Waals surface area contributed by atoms with Crippen molar-refractivity contribution in [3.8, 4) is 0 Å². The van der Waals surface area contributed by atoms with E-state index in [1.54, 1.807) is 51.9 Å². The van der Waals surface area contributed by atoms with E-state index in [4.69, 9.17) is 16.3 Å². The van der Waals surface area contributed by atoms with Crippen LogP contribution in [0.25, 0.3) is 0 Å². The number of thioether (sulfide) groups is 1. The summed E-state index contributed by atoms with van der Waals surface area (Å²) in [7, 11) is 0. The van der Waals surface area contributed by atoms with Gasteiger partial charge in [-0.2, -0.15) is 0 Å². The van der Waals surface area contributed by atoms with E-state index in [1.807, 2.05) is 30.3 Å². The Labute approximate surface area is 243 Å². The molecule has 2 aromatic carbocycles. The minimum Gasteiger partial charge on any atom is -0.461 e. The second kappa shape index (κ2) is 11.8. The summed E-state index contributed by atoms with van der Waals surface area (Å²) < 4.78 is 4.64. The van der Waals surface area contributed by atoms with Gasteiger partial charge in [0.25, 0.3) is 5.91 Å². The zero-order chi connectivity index (χ0) is 28.4. The third-order valence-electron chi connectivity index (χ3n) is 8.22. The van der Waals surface area contributed by atoms with Crippen molar-refractivity contribution in [1.82, 2.24) is 4.90 Å². The van der Waals surface area contributed by atoms with Gasteiger partial charge in [-0.25, -0.2) is 0 Å². The summed E-state index contributed by atoms with van der Waals surface area (Å²) in [6.07, 6.45) is 4.83. The van der Waals surface area contributed by atoms with Crippen LogP contribution < -0.4 is 4.90 Å². The van der Waals surface area contributed by atoms with Crippen LogP contribution in [0.15, 0.2) is 79.9 Å². The van der Waals surface area contributed by atoms with Gasteiger partial charge in [0.15, 0.2) is 0 Å². The number of esters is 1. The van der Waals surface area contributed by atoms with Gasteiger partial charge in [0, 0.05) is 22.5 Å². The highest BCUT2D eigenvalue weighted by Crippen LogP contribution is 2.67. The highest BCUT2D eigenvalue weighted by Gasteiger charge is 2.74. The molecule has 1 spiro atoms. The average Bonchev–Trinajstić information content (AvgIpc) is 3.61. The summed E-state index contributed by atoms with van der Waals surface area (Å²) in [6.45, 7) is 7.44. The Bertz CT molecular complexity index is 1290. The molecule has 5 rings (SSSR count). The monoisotopic (exact) mass is 580 g/mol. The quantitative estimate of drug-likeness (QED) is 0.315. The molecule has 0 saturated carbocycles. The zero-order valence-corrected chi connectivity index (χ0v) is 23.7. The molecule has 0 aliphatic carbocycles. The fourth-order valence-electron chi connectivity index (χ4n) is 6.63. The Morgan fingerprint density at radius 2 is 1.90 bits per heavy atom. The van der Waals surface area contributed by atoms with E-state index in [9.17, 15) is 19.5 Å². The molecule has 2 bridgehead atoms. The van der Waals surface area contributed by atoms with Crippen LogP contribution in [0.3, 0.4) is 0 Å². The van der Waals surface area contributed by atoms with E-state index < -0.39 is 34.6 Å². The molecule has 2 unspecified atom stereocenters. The van der Waals surface area contributed by atoms with Gasteiger partial charge in [-0.05, 0) is 49.1 Å². The second-order valence-corrected chi connectivity index (χ2v) is 12.5. The Morgan fingerprint density at radius 3 is 2.55 bits per heavy atom. The molecule has 9 heteroatoms. The maximum Gasteiger partial charge on any atom is 0.311 e. The van der Waals surface area contributed by atoms with Gasteiger partial charge in [-0.15, -0.1) is 18.3 Å². The Morgan fingerprint density at radius 1 is 1.18 bits per heavy atom.